The van der Waals surface area contributed by atoms with E-state index in [-0.39, 0.29) is 5.56 Å². The molecule has 0 radical (unpaired) electrons. The van der Waals surface area contributed by atoms with E-state index < -0.39 is 0 Å². The van der Waals surface area contributed by atoms with Gasteiger partial charge in [-0.25, -0.2) is 4.98 Å². The summed E-state index contributed by atoms with van der Waals surface area (Å²) in [5, 5.41) is 0.775. The second kappa shape index (κ2) is 7.06. The monoisotopic (exact) mass is 377 g/mol. The number of allylic oxidation sites excluding steroid dienone is 1. The highest BCUT2D eigenvalue weighted by atomic mass is 32.1. The smallest absolute Gasteiger partial charge is 0.260 e. The van der Waals surface area contributed by atoms with Crippen molar-refractivity contribution in [3.63, 3.8) is 0 Å². The van der Waals surface area contributed by atoms with Crippen LogP contribution in [0.4, 0.5) is 0 Å². The summed E-state index contributed by atoms with van der Waals surface area (Å²) in [7, 11) is 0. The molecular formula is C22H23N3OS. The highest BCUT2D eigenvalue weighted by molar-refractivity contribution is 7.19. The number of nitrogens with one attached hydrogen (secondary N) is 1. The average Bonchev–Trinajstić information content (AvgIpc) is 3.08. The third-order valence-electron chi connectivity index (χ3n) is 5.78. The summed E-state index contributed by atoms with van der Waals surface area (Å²) in [5.74, 6) is 1.45. The van der Waals surface area contributed by atoms with E-state index in [2.05, 4.69) is 52.4 Å². The minimum Gasteiger partial charge on any atom is -0.309 e. The lowest BCUT2D eigenvalue weighted by Crippen LogP contribution is -2.33. The van der Waals surface area contributed by atoms with Crippen LogP contribution in [0.5, 0.6) is 0 Å². The van der Waals surface area contributed by atoms with E-state index in [0.29, 0.717) is 5.92 Å². The molecule has 1 aromatic carbocycles. The normalized spacial score (nSPS) is 18.1. The van der Waals surface area contributed by atoms with E-state index in [9.17, 15) is 4.79 Å². The third-order valence-corrected chi connectivity index (χ3v) is 6.94. The standard InChI is InChI=1S/C22H23N3OS/c26-21-20-17-8-4-5-9-18(17)27-22(20)24-19(23-21)14-25-12-10-16(11-13-25)15-6-2-1-3-7-15/h1-4,6-8,16H,5,9-14H2,(H,23,24,26). The Hall–Kier alpha value is -2.24. The summed E-state index contributed by atoms with van der Waals surface area (Å²) in [6, 6.07) is 10.8. The minimum absolute atomic E-state index is 0.0122. The summed E-state index contributed by atoms with van der Waals surface area (Å²) in [6.07, 6.45) is 8.64. The van der Waals surface area contributed by atoms with E-state index >= 15 is 0 Å². The van der Waals surface area contributed by atoms with Crippen molar-refractivity contribution in [3.05, 3.63) is 68.6 Å². The predicted octanol–water partition coefficient (Wildman–Crippen LogP) is 4.32. The zero-order valence-electron chi connectivity index (χ0n) is 15.3. The molecule has 1 saturated heterocycles. The molecular weight excluding hydrogens is 354 g/mol. The molecule has 0 amide bonds. The summed E-state index contributed by atoms with van der Waals surface area (Å²) in [4.78, 5) is 25.1. The van der Waals surface area contributed by atoms with E-state index in [1.807, 2.05) is 0 Å². The van der Waals surface area contributed by atoms with Gasteiger partial charge in [-0.2, -0.15) is 0 Å². The molecule has 0 atom stereocenters. The second-order valence-electron chi connectivity index (χ2n) is 7.53. The maximum atomic E-state index is 12.7. The van der Waals surface area contributed by atoms with Crippen molar-refractivity contribution >= 4 is 27.6 Å². The SMILES string of the molecule is O=c1[nH]c(CN2CCC(c3ccccc3)CC2)nc2sc3c(c12)C=CCC3. The molecule has 1 fully saturated rings. The van der Waals surface area contributed by atoms with Crippen LogP contribution >= 0.6 is 11.3 Å². The molecule has 3 heterocycles. The Bertz CT molecular complexity index is 1040. The van der Waals surface area contributed by atoms with E-state index in [0.717, 1.165) is 66.9 Å². The molecule has 138 valence electrons. The van der Waals surface area contributed by atoms with Crippen molar-refractivity contribution in [2.45, 2.75) is 38.1 Å². The molecule has 2 aromatic heterocycles. The number of nitrogens with zero attached hydrogens (tertiary/aromatic N) is 2. The number of likely N-dealkylation sites (tertiary alicyclic amines) is 1. The summed E-state index contributed by atoms with van der Waals surface area (Å²) in [6.45, 7) is 2.82. The summed E-state index contributed by atoms with van der Waals surface area (Å²) in [5.41, 5.74) is 2.55. The molecule has 1 N–H and O–H groups in total. The fourth-order valence-electron chi connectivity index (χ4n) is 4.33. The van der Waals surface area contributed by atoms with Gasteiger partial charge in [0.2, 0.25) is 0 Å². The van der Waals surface area contributed by atoms with Gasteiger partial charge in [-0.1, -0.05) is 42.5 Å². The predicted molar refractivity (Wildman–Crippen MR) is 111 cm³/mol. The van der Waals surface area contributed by atoms with Crippen molar-refractivity contribution in [2.24, 2.45) is 0 Å². The number of benzene rings is 1. The first-order valence-corrected chi connectivity index (χ1v) is 10.6. The van der Waals surface area contributed by atoms with Gasteiger partial charge in [0.05, 0.1) is 11.9 Å². The lowest BCUT2D eigenvalue weighted by Gasteiger charge is -2.31. The van der Waals surface area contributed by atoms with Crippen LogP contribution in [0.25, 0.3) is 16.3 Å². The maximum absolute atomic E-state index is 12.7. The van der Waals surface area contributed by atoms with Crippen LogP contribution in [-0.4, -0.2) is 28.0 Å². The molecule has 0 saturated carbocycles. The van der Waals surface area contributed by atoms with Crippen LogP contribution in [0.15, 0.2) is 41.2 Å². The lowest BCUT2D eigenvalue weighted by atomic mass is 9.89. The Morgan fingerprint density at radius 3 is 2.81 bits per heavy atom. The molecule has 2 aliphatic rings. The molecule has 27 heavy (non-hydrogen) atoms. The van der Waals surface area contributed by atoms with Crippen LogP contribution in [-0.2, 0) is 13.0 Å². The fraction of sp³-hybridized carbons (Fsp3) is 0.364. The first kappa shape index (κ1) is 16.9. The molecule has 3 aromatic rings. The number of aromatic nitrogens is 2. The Kier molecular flexibility index (Phi) is 4.42. The number of thiophene rings is 1. The van der Waals surface area contributed by atoms with Crippen molar-refractivity contribution in [2.75, 3.05) is 13.1 Å². The van der Waals surface area contributed by atoms with Gasteiger partial charge in [-0.05, 0) is 50.3 Å². The number of aryl methyl sites for hydroxylation is 1. The van der Waals surface area contributed by atoms with Crippen LogP contribution in [0.2, 0.25) is 0 Å². The largest absolute Gasteiger partial charge is 0.309 e. The fourth-order valence-corrected chi connectivity index (χ4v) is 5.53. The number of hydrogen-bond donors (Lipinski definition) is 1. The first-order valence-electron chi connectivity index (χ1n) is 9.76. The van der Waals surface area contributed by atoms with Gasteiger partial charge in [-0.15, -0.1) is 11.3 Å². The minimum atomic E-state index is 0.0122. The van der Waals surface area contributed by atoms with E-state index in [1.165, 1.54) is 10.4 Å². The van der Waals surface area contributed by atoms with Crippen LogP contribution in [0, 0.1) is 0 Å². The Morgan fingerprint density at radius 2 is 2.00 bits per heavy atom. The van der Waals surface area contributed by atoms with E-state index in [4.69, 9.17) is 4.98 Å². The molecule has 0 unspecified atom stereocenters. The summed E-state index contributed by atoms with van der Waals surface area (Å²) >= 11 is 1.69. The van der Waals surface area contributed by atoms with Gasteiger partial charge in [0.1, 0.15) is 10.7 Å². The highest BCUT2D eigenvalue weighted by Crippen LogP contribution is 2.33. The van der Waals surface area contributed by atoms with Gasteiger partial charge in [0.25, 0.3) is 5.56 Å². The van der Waals surface area contributed by atoms with Crippen LogP contribution in [0.1, 0.15) is 47.0 Å². The zero-order valence-corrected chi connectivity index (χ0v) is 16.1. The number of hydrogen-bond acceptors (Lipinski definition) is 4. The van der Waals surface area contributed by atoms with Crippen molar-refractivity contribution in [1.82, 2.24) is 14.9 Å². The van der Waals surface area contributed by atoms with Gasteiger partial charge in [0, 0.05) is 10.4 Å². The topological polar surface area (TPSA) is 49.0 Å². The quantitative estimate of drug-likeness (QED) is 0.739. The number of H-pyrrole nitrogens is 1. The van der Waals surface area contributed by atoms with Gasteiger partial charge in [0.15, 0.2) is 0 Å². The first-order chi connectivity index (χ1) is 13.3. The van der Waals surface area contributed by atoms with Crippen molar-refractivity contribution in [1.29, 1.82) is 0 Å². The molecule has 0 bridgehead atoms. The molecule has 1 aliphatic carbocycles. The summed E-state index contributed by atoms with van der Waals surface area (Å²) < 4.78 is 0. The highest BCUT2D eigenvalue weighted by Gasteiger charge is 2.22. The van der Waals surface area contributed by atoms with Crippen molar-refractivity contribution < 1.29 is 0 Å². The van der Waals surface area contributed by atoms with Gasteiger partial charge in [-0.3, -0.25) is 9.69 Å². The average molecular weight is 378 g/mol. The molecule has 0 spiro atoms. The van der Waals surface area contributed by atoms with E-state index in [1.54, 1.807) is 11.3 Å². The number of piperidine rings is 1. The van der Waals surface area contributed by atoms with Gasteiger partial charge >= 0.3 is 0 Å². The van der Waals surface area contributed by atoms with Crippen LogP contribution in [0.3, 0.4) is 0 Å². The Labute approximate surface area is 162 Å². The van der Waals surface area contributed by atoms with Crippen LogP contribution < -0.4 is 5.56 Å². The Balaban J connectivity index is 1.32. The Morgan fingerprint density at radius 1 is 1.19 bits per heavy atom. The van der Waals surface area contributed by atoms with Crippen molar-refractivity contribution in [3.8, 4) is 0 Å². The number of rotatable bonds is 3. The number of fused-ring (bicyclic) bond motifs is 3. The third kappa shape index (κ3) is 3.26. The maximum Gasteiger partial charge on any atom is 0.260 e. The lowest BCUT2D eigenvalue weighted by molar-refractivity contribution is 0.200. The molecule has 1 aliphatic heterocycles. The number of aromatic amines is 1. The zero-order chi connectivity index (χ0) is 18.2. The molecule has 5 rings (SSSR count). The molecule has 5 heteroatoms. The second-order valence-corrected chi connectivity index (χ2v) is 8.62. The van der Waals surface area contributed by atoms with Gasteiger partial charge < -0.3 is 4.98 Å². The molecule has 4 nitrogen and oxygen atoms in total.